The van der Waals surface area contributed by atoms with Gasteiger partial charge in [-0.1, -0.05) is 65.9 Å². The van der Waals surface area contributed by atoms with Gasteiger partial charge in [-0.05, 0) is 42.3 Å². The second-order valence-corrected chi connectivity index (χ2v) is 7.16. The molecule has 0 bridgehead atoms. The average molecular weight is 346 g/mol. The molecule has 1 heterocycles. The minimum Gasteiger partial charge on any atom is -0.327 e. The summed E-state index contributed by atoms with van der Waals surface area (Å²) in [5, 5.41) is 6.05. The van der Waals surface area contributed by atoms with Crippen LogP contribution in [-0.2, 0) is 0 Å². The fourth-order valence-electron chi connectivity index (χ4n) is 3.00. The maximum Gasteiger partial charge on any atom is 0.319 e. The van der Waals surface area contributed by atoms with Crippen molar-refractivity contribution in [3.05, 3.63) is 89.5 Å². The average Bonchev–Trinajstić information content (AvgIpc) is 2.63. The number of nitrogens with one attached hydrogen (secondary N) is 2. The Labute approximate surface area is 151 Å². The number of anilines is 1. The third kappa shape index (κ3) is 3.26. The van der Waals surface area contributed by atoms with Gasteiger partial charge in [0.1, 0.15) is 0 Å². The van der Waals surface area contributed by atoms with Crippen molar-refractivity contribution in [3.63, 3.8) is 0 Å². The van der Waals surface area contributed by atoms with E-state index < -0.39 is 0 Å². The predicted molar refractivity (Wildman–Crippen MR) is 102 cm³/mol. The van der Waals surface area contributed by atoms with Gasteiger partial charge in [0, 0.05) is 15.5 Å². The molecule has 4 rings (SSSR count). The van der Waals surface area contributed by atoms with Crippen molar-refractivity contribution in [2.75, 3.05) is 5.32 Å². The minimum absolute atomic E-state index is 0.154. The van der Waals surface area contributed by atoms with Crippen LogP contribution in [0.2, 0.25) is 0 Å². The highest BCUT2D eigenvalue weighted by Crippen LogP contribution is 2.44. The molecule has 2 amide bonds. The van der Waals surface area contributed by atoms with Gasteiger partial charge in [-0.15, -0.1) is 0 Å². The van der Waals surface area contributed by atoms with Gasteiger partial charge in [0.05, 0.1) is 6.04 Å². The van der Waals surface area contributed by atoms with E-state index in [9.17, 15) is 4.79 Å². The Kier molecular flexibility index (Phi) is 4.20. The molecule has 1 aliphatic heterocycles. The van der Waals surface area contributed by atoms with Crippen molar-refractivity contribution in [2.24, 2.45) is 0 Å². The fourth-order valence-corrected chi connectivity index (χ4v) is 4.14. The highest BCUT2D eigenvalue weighted by molar-refractivity contribution is 7.99. The number of urea groups is 1. The molecule has 0 spiro atoms. The highest BCUT2D eigenvalue weighted by Gasteiger charge is 2.26. The molecule has 0 radical (unpaired) electrons. The van der Waals surface area contributed by atoms with E-state index in [4.69, 9.17) is 0 Å². The number of carbonyl (C=O) groups is 1. The van der Waals surface area contributed by atoms with Crippen LogP contribution in [0.3, 0.4) is 0 Å². The topological polar surface area (TPSA) is 41.1 Å². The lowest BCUT2D eigenvalue weighted by molar-refractivity contribution is 0.250. The predicted octanol–water partition coefficient (Wildman–Crippen LogP) is 5.37. The van der Waals surface area contributed by atoms with E-state index in [1.54, 1.807) is 11.8 Å². The van der Waals surface area contributed by atoms with Crippen molar-refractivity contribution in [3.8, 4) is 0 Å². The molecule has 0 atom stereocenters. The molecule has 0 aromatic heterocycles. The van der Waals surface area contributed by atoms with Gasteiger partial charge in [-0.3, -0.25) is 0 Å². The Hall–Kier alpha value is -2.72. The van der Waals surface area contributed by atoms with Crippen LogP contribution >= 0.6 is 11.8 Å². The van der Waals surface area contributed by atoms with Gasteiger partial charge in [-0.2, -0.15) is 0 Å². The Morgan fingerprint density at radius 2 is 1.40 bits per heavy atom. The molecule has 3 nitrogen and oxygen atoms in total. The number of amides is 2. The van der Waals surface area contributed by atoms with Gasteiger partial charge in [0.2, 0.25) is 0 Å². The first-order valence-electron chi connectivity index (χ1n) is 8.20. The zero-order valence-electron chi connectivity index (χ0n) is 13.8. The summed E-state index contributed by atoms with van der Waals surface area (Å²) in [6, 6.07) is 23.9. The molecule has 124 valence electrons. The first kappa shape index (κ1) is 15.8. The first-order valence-corrected chi connectivity index (χ1v) is 9.02. The lowest BCUT2D eigenvalue weighted by Crippen LogP contribution is -2.34. The second kappa shape index (κ2) is 6.65. The molecule has 0 unspecified atom stereocenters. The van der Waals surface area contributed by atoms with E-state index >= 15 is 0 Å². The maximum atomic E-state index is 12.6. The van der Waals surface area contributed by atoms with Crippen LogP contribution in [0.1, 0.15) is 22.7 Å². The summed E-state index contributed by atoms with van der Waals surface area (Å²) in [5.41, 5.74) is 4.21. The molecule has 1 aliphatic rings. The monoisotopic (exact) mass is 346 g/mol. The summed E-state index contributed by atoms with van der Waals surface area (Å²) in [7, 11) is 0. The normalized spacial score (nSPS) is 12.8. The molecule has 4 heteroatoms. The molecule has 0 aliphatic carbocycles. The Bertz CT molecular complexity index is 876. The molecule has 3 aromatic carbocycles. The Morgan fingerprint density at radius 1 is 0.840 bits per heavy atom. The number of aryl methyl sites for hydroxylation is 1. The molecule has 2 N–H and O–H groups in total. The van der Waals surface area contributed by atoms with E-state index in [0.717, 1.165) is 22.4 Å². The largest absolute Gasteiger partial charge is 0.327 e. The zero-order chi connectivity index (χ0) is 17.2. The lowest BCUT2D eigenvalue weighted by Gasteiger charge is -2.28. The molecular formula is C21H18N2OS. The summed E-state index contributed by atoms with van der Waals surface area (Å²) in [6.45, 7) is 2.03. The Balaban J connectivity index is 1.61. The fraction of sp³-hybridized carbons (Fsp3) is 0.0952. The van der Waals surface area contributed by atoms with Gasteiger partial charge < -0.3 is 10.6 Å². The summed E-state index contributed by atoms with van der Waals surface area (Å²) in [6.07, 6.45) is 0. The molecule has 0 fully saturated rings. The highest BCUT2D eigenvalue weighted by atomic mass is 32.2. The number of hydrogen-bond acceptors (Lipinski definition) is 2. The lowest BCUT2D eigenvalue weighted by atomic mass is 9.98. The van der Waals surface area contributed by atoms with Crippen LogP contribution in [0.5, 0.6) is 0 Å². The molecule has 0 saturated heterocycles. The number of benzene rings is 3. The summed E-state index contributed by atoms with van der Waals surface area (Å²) in [4.78, 5) is 14.9. The summed E-state index contributed by atoms with van der Waals surface area (Å²) >= 11 is 1.75. The van der Waals surface area contributed by atoms with E-state index in [-0.39, 0.29) is 12.1 Å². The van der Waals surface area contributed by atoms with Gasteiger partial charge >= 0.3 is 6.03 Å². The number of carbonyl (C=O) groups excluding carboxylic acids is 1. The standard InChI is InChI=1S/C21H18N2OS/c1-14-10-12-15(13-11-14)22-21(24)23-20-16-6-2-4-8-18(16)25-19-9-5-3-7-17(19)20/h2-13,20H,1H3,(H2,22,23,24). The minimum atomic E-state index is -0.203. The van der Waals surface area contributed by atoms with Crippen LogP contribution in [0.4, 0.5) is 10.5 Å². The summed E-state index contributed by atoms with van der Waals surface area (Å²) in [5.74, 6) is 0. The number of fused-ring (bicyclic) bond motifs is 2. The number of rotatable bonds is 2. The molecule has 25 heavy (non-hydrogen) atoms. The van der Waals surface area contributed by atoms with Gasteiger partial charge in [0.15, 0.2) is 0 Å². The van der Waals surface area contributed by atoms with E-state index in [2.05, 4.69) is 34.9 Å². The Morgan fingerprint density at radius 3 is 2.00 bits per heavy atom. The van der Waals surface area contributed by atoms with Crippen LogP contribution in [0.25, 0.3) is 0 Å². The third-order valence-corrected chi connectivity index (χ3v) is 5.45. The van der Waals surface area contributed by atoms with Crippen LogP contribution in [-0.4, -0.2) is 6.03 Å². The molecular weight excluding hydrogens is 328 g/mol. The molecule has 3 aromatic rings. The summed E-state index contributed by atoms with van der Waals surface area (Å²) < 4.78 is 0. The molecule has 0 saturated carbocycles. The zero-order valence-corrected chi connectivity index (χ0v) is 14.6. The first-order chi connectivity index (χ1) is 12.2. The van der Waals surface area contributed by atoms with Crippen molar-refractivity contribution in [2.45, 2.75) is 22.8 Å². The smallest absolute Gasteiger partial charge is 0.319 e. The van der Waals surface area contributed by atoms with Crippen LogP contribution < -0.4 is 10.6 Å². The van der Waals surface area contributed by atoms with Crippen molar-refractivity contribution < 1.29 is 4.79 Å². The van der Waals surface area contributed by atoms with Gasteiger partial charge in [0.25, 0.3) is 0 Å². The van der Waals surface area contributed by atoms with Crippen LogP contribution in [0.15, 0.2) is 82.6 Å². The van der Waals surface area contributed by atoms with Crippen molar-refractivity contribution in [1.82, 2.24) is 5.32 Å². The maximum absolute atomic E-state index is 12.6. The quantitative estimate of drug-likeness (QED) is 0.655. The van der Waals surface area contributed by atoms with E-state index in [1.807, 2.05) is 55.5 Å². The van der Waals surface area contributed by atoms with Crippen LogP contribution in [0, 0.1) is 6.92 Å². The van der Waals surface area contributed by atoms with E-state index in [1.165, 1.54) is 9.79 Å². The van der Waals surface area contributed by atoms with E-state index in [0.29, 0.717) is 0 Å². The second-order valence-electron chi connectivity index (χ2n) is 6.08. The van der Waals surface area contributed by atoms with Crippen molar-refractivity contribution >= 4 is 23.5 Å². The van der Waals surface area contributed by atoms with Gasteiger partial charge in [-0.25, -0.2) is 4.79 Å². The number of hydrogen-bond donors (Lipinski definition) is 2. The van der Waals surface area contributed by atoms with Crippen molar-refractivity contribution in [1.29, 1.82) is 0 Å². The SMILES string of the molecule is Cc1ccc(NC(=O)NC2c3ccccc3Sc3ccccc32)cc1. The third-order valence-electron chi connectivity index (χ3n) is 4.26.